The molecule has 5 nitrogen and oxygen atoms in total. The van der Waals surface area contributed by atoms with Crippen molar-refractivity contribution in [2.24, 2.45) is 0 Å². The Morgan fingerprint density at radius 1 is 1.32 bits per heavy atom. The second-order valence-electron chi connectivity index (χ2n) is 5.23. The molecule has 0 fully saturated rings. The van der Waals surface area contributed by atoms with E-state index < -0.39 is 17.4 Å². The Bertz CT molecular complexity index is 669. The summed E-state index contributed by atoms with van der Waals surface area (Å²) in [4.78, 5) is 27.7. The Morgan fingerprint density at radius 2 is 2.00 bits per heavy atom. The number of carbonyl (C=O) groups excluding carboxylic acids is 1. The molecule has 1 amide bonds. The Morgan fingerprint density at radius 3 is 2.59 bits per heavy atom. The van der Waals surface area contributed by atoms with E-state index in [1.807, 2.05) is 30.3 Å². The molecule has 0 aliphatic heterocycles. The first-order valence-electron chi connectivity index (χ1n) is 6.99. The number of carboxylic acid groups (broad SMARTS) is 1. The van der Waals surface area contributed by atoms with Gasteiger partial charge in [0.05, 0.1) is 5.01 Å². The van der Waals surface area contributed by atoms with Crippen molar-refractivity contribution in [2.75, 3.05) is 0 Å². The van der Waals surface area contributed by atoms with E-state index in [9.17, 15) is 14.7 Å². The van der Waals surface area contributed by atoms with Gasteiger partial charge in [-0.25, -0.2) is 9.78 Å². The van der Waals surface area contributed by atoms with Crippen LogP contribution in [0.4, 0.5) is 0 Å². The smallest absolute Gasteiger partial charge is 0.329 e. The Balaban J connectivity index is 2.08. The molecule has 0 saturated carbocycles. The molecule has 0 bridgehead atoms. The van der Waals surface area contributed by atoms with Crippen LogP contribution in [-0.4, -0.2) is 27.5 Å². The minimum Gasteiger partial charge on any atom is -0.480 e. The number of carbonyl (C=O) groups is 2. The van der Waals surface area contributed by atoms with Crippen LogP contribution in [0.25, 0.3) is 0 Å². The van der Waals surface area contributed by atoms with Gasteiger partial charge in [0.15, 0.2) is 0 Å². The maximum absolute atomic E-state index is 12.2. The van der Waals surface area contributed by atoms with E-state index in [-0.39, 0.29) is 5.69 Å². The number of thiazole rings is 1. The average Bonchev–Trinajstić information content (AvgIpc) is 2.96. The highest BCUT2D eigenvalue weighted by atomic mass is 32.1. The summed E-state index contributed by atoms with van der Waals surface area (Å²) in [5, 5.41) is 14.2. The molecular weight excluding hydrogens is 300 g/mol. The van der Waals surface area contributed by atoms with Gasteiger partial charge in [-0.15, -0.1) is 11.3 Å². The van der Waals surface area contributed by atoms with Crippen LogP contribution < -0.4 is 5.32 Å². The van der Waals surface area contributed by atoms with Crippen molar-refractivity contribution in [2.45, 2.75) is 32.2 Å². The molecule has 2 aromatic rings. The summed E-state index contributed by atoms with van der Waals surface area (Å²) in [5.74, 6) is -1.51. The lowest BCUT2D eigenvalue weighted by Crippen LogP contribution is -2.51. The highest BCUT2D eigenvalue weighted by Crippen LogP contribution is 2.16. The maximum atomic E-state index is 12.2. The highest BCUT2D eigenvalue weighted by Gasteiger charge is 2.33. The molecule has 22 heavy (non-hydrogen) atoms. The molecular formula is C16H18N2O3S. The van der Waals surface area contributed by atoms with Crippen molar-refractivity contribution in [3.8, 4) is 0 Å². The molecule has 0 aliphatic rings. The van der Waals surface area contributed by atoms with Crippen LogP contribution in [0.5, 0.6) is 0 Å². The Hall–Kier alpha value is -2.21. The van der Waals surface area contributed by atoms with Crippen molar-refractivity contribution in [3.63, 3.8) is 0 Å². The molecule has 2 rings (SSSR count). The topological polar surface area (TPSA) is 79.3 Å². The quantitative estimate of drug-likeness (QED) is 0.858. The van der Waals surface area contributed by atoms with E-state index in [2.05, 4.69) is 10.3 Å². The number of nitrogens with one attached hydrogen (secondary N) is 1. The third-order valence-electron chi connectivity index (χ3n) is 3.55. The van der Waals surface area contributed by atoms with Crippen molar-refractivity contribution >= 4 is 23.2 Å². The van der Waals surface area contributed by atoms with Crippen molar-refractivity contribution < 1.29 is 14.7 Å². The zero-order chi connectivity index (χ0) is 16.2. The van der Waals surface area contributed by atoms with Gasteiger partial charge in [0, 0.05) is 11.8 Å². The first-order valence-corrected chi connectivity index (χ1v) is 7.87. The number of rotatable bonds is 6. The fraction of sp³-hybridized carbons (Fsp3) is 0.312. The van der Waals surface area contributed by atoms with E-state index >= 15 is 0 Å². The molecule has 0 aliphatic carbocycles. The van der Waals surface area contributed by atoms with E-state index in [0.717, 1.165) is 10.6 Å². The summed E-state index contributed by atoms with van der Waals surface area (Å²) < 4.78 is 0. The number of amides is 1. The summed E-state index contributed by atoms with van der Waals surface area (Å²) in [6.07, 6.45) is 0.956. The van der Waals surface area contributed by atoms with Crippen LogP contribution in [0.2, 0.25) is 0 Å². The number of carboxylic acids is 1. The van der Waals surface area contributed by atoms with Gasteiger partial charge in [-0.05, 0) is 18.9 Å². The average molecular weight is 318 g/mol. The minimum absolute atomic E-state index is 0.261. The molecule has 1 unspecified atom stereocenters. The van der Waals surface area contributed by atoms with Gasteiger partial charge in [-0.2, -0.15) is 0 Å². The largest absolute Gasteiger partial charge is 0.480 e. The van der Waals surface area contributed by atoms with Gasteiger partial charge >= 0.3 is 5.97 Å². The van der Waals surface area contributed by atoms with Crippen LogP contribution >= 0.6 is 11.3 Å². The van der Waals surface area contributed by atoms with Gasteiger partial charge in [0.2, 0.25) is 0 Å². The van der Waals surface area contributed by atoms with Crippen LogP contribution in [0.3, 0.4) is 0 Å². The van der Waals surface area contributed by atoms with Crippen LogP contribution in [0.15, 0.2) is 35.7 Å². The van der Waals surface area contributed by atoms with Crippen LogP contribution in [0.1, 0.15) is 41.3 Å². The zero-order valence-electron chi connectivity index (χ0n) is 12.5. The van der Waals surface area contributed by atoms with Crippen LogP contribution in [0, 0.1) is 0 Å². The van der Waals surface area contributed by atoms with Gasteiger partial charge in [-0.3, -0.25) is 4.79 Å². The number of hydrogen-bond donors (Lipinski definition) is 2. The van der Waals surface area contributed by atoms with E-state index in [1.54, 1.807) is 12.3 Å². The molecule has 0 spiro atoms. The molecule has 6 heteroatoms. The number of hydrogen-bond acceptors (Lipinski definition) is 4. The third kappa shape index (κ3) is 3.71. The lowest BCUT2D eigenvalue weighted by molar-refractivity contribution is -0.143. The fourth-order valence-electron chi connectivity index (χ4n) is 1.87. The maximum Gasteiger partial charge on any atom is 0.329 e. The minimum atomic E-state index is -1.28. The molecule has 1 atom stereocenters. The van der Waals surface area contributed by atoms with Crippen molar-refractivity contribution in [1.29, 1.82) is 0 Å². The second kappa shape index (κ2) is 6.70. The number of benzene rings is 1. The van der Waals surface area contributed by atoms with Gasteiger partial charge in [-0.1, -0.05) is 37.3 Å². The standard InChI is InChI=1S/C16H18N2O3S/c1-3-16(2,15(20)21)18-14(19)12-10-22-13(17-12)9-11-7-5-4-6-8-11/h4-8,10H,3,9H2,1-2H3,(H,18,19)(H,20,21). The number of aliphatic carboxylic acids is 1. The molecule has 1 heterocycles. The van der Waals surface area contributed by atoms with Gasteiger partial charge < -0.3 is 10.4 Å². The second-order valence-corrected chi connectivity index (χ2v) is 6.18. The third-order valence-corrected chi connectivity index (χ3v) is 4.40. The summed E-state index contributed by atoms with van der Waals surface area (Å²) in [7, 11) is 0. The van der Waals surface area contributed by atoms with Crippen molar-refractivity contribution in [3.05, 3.63) is 52.0 Å². The van der Waals surface area contributed by atoms with Crippen molar-refractivity contribution in [1.82, 2.24) is 10.3 Å². The molecule has 0 saturated heterocycles. The number of aromatic nitrogens is 1. The normalized spacial score (nSPS) is 13.4. The SMILES string of the molecule is CCC(C)(NC(=O)c1csc(Cc2ccccc2)n1)C(=O)O. The van der Waals surface area contributed by atoms with Gasteiger partial charge in [0.1, 0.15) is 11.2 Å². The Kier molecular flexibility index (Phi) is 4.92. The lowest BCUT2D eigenvalue weighted by atomic mass is 9.99. The molecule has 0 radical (unpaired) electrons. The lowest BCUT2D eigenvalue weighted by Gasteiger charge is -2.23. The van der Waals surface area contributed by atoms with E-state index in [4.69, 9.17) is 0 Å². The predicted octanol–water partition coefficient (Wildman–Crippen LogP) is 2.72. The summed E-state index contributed by atoms with van der Waals surface area (Å²) >= 11 is 1.40. The molecule has 2 N–H and O–H groups in total. The molecule has 1 aromatic heterocycles. The fourth-order valence-corrected chi connectivity index (χ4v) is 2.68. The Labute approximate surface area is 133 Å². The molecule has 116 valence electrons. The first kappa shape index (κ1) is 16.2. The zero-order valence-corrected chi connectivity index (χ0v) is 13.3. The first-order chi connectivity index (χ1) is 10.4. The predicted molar refractivity (Wildman–Crippen MR) is 85.2 cm³/mol. The summed E-state index contributed by atoms with van der Waals surface area (Å²) in [6.45, 7) is 3.21. The van der Waals surface area contributed by atoms with Gasteiger partial charge in [0.25, 0.3) is 5.91 Å². The monoisotopic (exact) mass is 318 g/mol. The molecule has 1 aromatic carbocycles. The highest BCUT2D eigenvalue weighted by molar-refractivity contribution is 7.09. The number of nitrogens with zero attached hydrogens (tertiary/aromatic N) is 1. The van der Waals surface area contributed by atoms with E-state index in [1.165, 1.54) is 18.3 Å². The summed E-state index contributed by atoms with van der Waals surface area (Å²) in [5.41, 5.74) is 0.102. The van der Waals surface area contributed by atoms with E-state index in [0.29, 0.717) is 12.8 Å². The van der Waals surface area contributed by atoms with Crippen LogP contribution in [-0.2, 0) is 11.2 Å². The summed E-state index contributed by atoms with van der Waals surface area (Å²) in [6, 6.07) is 9.85.